The maximum atomic E-state index is 11.3. The van der Waals surface area contributed by atoms with Crippen LogP contribution in [0.15, 0.2) is 41.2 Å². The van der Waals surface area contributed by atoms with Crippen LogP contribution in [0.5, 0.6) is 5.75 Å². The van der Waals surface area contributed by atoms with Crippen LogP contribution in [0, 0.1) is 0 Å². The Hall–Kier alpha value is -2.63. The lowest BCUT2D eigenvalue weighted by molar-refractivity contribution is 0.414. The molecule has 1 N–H and O–H groups in total. The summed E-state index contributed by atoms with van der Waals surface area (Å²) in [4.78, 5) is 14.0. The molecule has 0 aliphatic heterocycles. The van der Waals surface area contributed by atoms with Crippen molar-refractivity contribution in [1.82, 2.24) is 20.0 Å². The highest BCUT2D eigenvalue weighted by atomic mass is 16.5. The number of methoxy groups -OCH3 is 1. The zero-order chi connectivity index (χ0) is 12.5. The van der Waals surface area contributed by atoms with E-state index in [0.29, 0.717) is 11.2 Å². The van der Waals surface area contributed by atoms with E-state index < -0.39 is 0 Å². The summed E-state index contributed by atoms with van der Waals surface area (Å²) in [6, 6.07) is 10.4. The van der Waals surface area contributed by atoms with Gasteiger partial charge in [-0.1, -0.05) is 5.21 Å². The normalized spacial score (nSPS) is 10.7. The number of ether oxygens (including phenoxy) is 1. The van der Waals surface area contributed by atoms with E-state index in [-0.39, 0.29) is 5.56 Å². The molecule has 0 saturated heterocycles. The Labute approximate surface area is 102 Å². The average Bonchev–Trinajstić information content (AvgIpc) is 2.82. The van der Waals surface area contributed by atoms with Crippen LogP contribution in [-0.2, 0) is 0 Å². The van der Waals surface area contributed by atoms with Gasteiger partial charge < -0.3 is 9.72 Å². The van der Waals surface area contributed by atoms with Gasteiger partial charge in [-0.05, 0) is 30.3 Å². The van der Waals surface area contributed by atoms with E-state index in [0.717, 1.165) is 11.4 Å². The first-order valence-corrected chi connectivity index (χ1v) is 5.37. The van der Waals surface area contributed by atoms with E-state index in [1.807, 2.05) is 24.3 Å². The highest BCUT2D eigenvalue weighted by Crippen LogP contribution is 2.16. The number of rotatable bonds is 2. The van der Waals surface area contributed by atoms with Gasteiger partial charge in [0.1, 0.15) is 11.3 Å². The number of hydrogen-bond donors (Lipinski definition) is 1. The monoisotopic (exact) mass is 242 g/mol. The standard InChI is InChI=1S/C12H10N4O2/c1-18-9-4-2-8(3-5-9)16-12-10(14-15-16)6-7-11(17)13-12/h2-7H,1H3,(H,13,17). The van der Waals surface area contributed by atoms with Crippen LogP contribution in [0.1, 0.15) is 0 Å². The number of hydrogen-bond acceptors (Lipinski definition) is 4. The summed E-state index contributed by atoms with van der Waals surface area (Å²) in [7, 11) is 1.61. The van der Waals surface area contributed by atoms with Crippen molar-refractivity contribution < 1.29 is 4.74 Å². The Bertz CT molecular complexity index is 743. The first-order valence-electron chi connectivity index (χ1n) is 5.37. The zero-order valence-corrected chi connectivity index (χ0v) is 9.62. The molecule has 0 atom stereocenters. The summed E-state index contributed by atoms with van der Waals surface area (Å²) in [5, 5.41) is 8.01. The van der Waals surface area contributed by atoms with Crippen molar-refractivity contribution in [1.29, 1.82) is 0 Å². The molecule has 3 aromatic rings. The van der Waals surface area contributed by atoms with Crippen molar-refractivity contribution >= 4 is 11.2 Å². The van der Waals surface area contributed by atoms with E-state index in [9.17, 15) is 4.79 Å². The maximum Gasteiger partial charge on any atom is 0.249 e. The second-order valence-electron chi connectivity index (χ2n) is 3.76. The lowest BCUT2D eigenvalue weighted by atomic mass is 10.3. The van der Waals surface area contributed by atoms with Crippen LogP contribution in [0.25, 0.3) is 16.9 Å². The smallest absolute Gasteiger partial charge is 0.249 e. The van der Waals surface area contributed by atoms with Crippen LogP contribution >= 0.6 is 0 Å². The van der Waals surface area contributed by atoms with Gasteiger partial charge in [0.05, 0.1) is 12.8 Å². The third-order valence-electron chi connectivity index (χ3n) is 2.65. The molecule has 2 heterocycles. The van der Waals surface area contributed by atoms with Crippen LogP contribution < -0.4 is 10.3 Å². The lowest BCUT2D eigenvalue weighted by Gasteiger charge is -2.03. The summed E-state index contributed by atoms with van der Waals surface area (Å²) < 4.78 is 6.67. The van der Waals surface area contributed by atoms with Crippen molar-refractivity contribution in [2.75, 3.05) is 7.11 Å². The van der Waals surface area contributed by atoms with E-state index in [2.05, 4.69) is 15.3 Å². The minimum absolute atomic E-state index is 0.181. The average molecular weight is 242 g/mol. The van der Waals surface area contributed by atoms with Gasteiger partial charge in [-0.3, -0.25) is 4.79 Å². The lowest BCUT2D eigenvalue weighted by Crippen LogP contribution is -2.06. The molecule has 0 aliphatic rings. The van der Waals surface area contributed by atoms with Gasteiger partial charge in [0.25, 0.3) is 0 Å². The summed E-state index contributed by atoms with van der Waals surface area (Å²) in [6.45, 7) is 0. The number of aromatic amines is 1. The molecule has 2 aromatic heterocycles. The second-order valence-corrected chi connectivity index (χ2v) is 3.76. The molecule has 0 amide bonds. The van der Waals surface area contributed by atoms with Crippen molar-refractivity contribution in [3.05, 3.63) is 46.8 Å². The quantitative estimate of drug-likeness (QED) is 0.730. The van der Waals surface area contributed by atoms with Gasteiger partial charge in [-0.15, -0.1) is 5.10 Å². The Morgan fingerprint density at radius 3 is 2.67 bits per heavy atom. The Morgan fingerprint density at radius 1 is 1.17 bits per heavy atom. The fraction of sp³-hybridized carbons (Fsp3) is 0.0833. The number of fused-ring (bicyclic) bond motifs is 1. The van der Waals surface area contributed by atoms with Gasteiger partial charge in [0.15, 0.2) is 5.65 Å². The molecule has 0 spiro atoms. The minimum Gasteiger partial charge on any atom is -0.497 e. The summed E-state index contributed by atoms with van der Waals surface area (Å²) in [6.07, 6.45) is 0. The van der Waals surface area contributed by atoms with Crippen molar-refractivity contribution in [2.24, 2.45) is 0 Å². The van der Waals surface area contributed by atoms with Crippen molar-refractivity contribution in [3.8, 4) is 11.4 Å². The summed E-state index contributed by atoms with van der Waals surface area (Å²) in [5.74, 6) is 0.761. The fourth-order valence-electron chi connectivity index (χ4n) is 1.74. The van der Waals surface area contributed by atoms with Crippen LogP contribution in [0.2, 0.25) is 0 Å². The number of nitrogens with zero attached hydrogens (tertiary/aromatic N) is 3. The van der Waals surface area contributed by atoms with Gasteiger partial charge in [-0.25, -0.2) is 0 Å². The molecule has 6 heteroatoms. The molecular weight excluding hydrogens is 232 g/mol. The van der Waals surface area contributed by atoms with E-state index in [1.54, 1.807) is 17.9 Å². The third kappa shape index (κ3) is 1.64. The Morgan fingerprint density at radius 2 is 1.94 bits per heavy atom. The minimum atomic E-state index is -0.181. The van der Waals surface area contributed by atoms with E-state index in [1.165, 1.54) is 6.07 Å². The van der Waals surface area contributed by atoms with Crippen LogP contribution in [0.4, 0.5) is 0 Å². The largest absolute Gasteiger partial charge is 0.497 e. The molecule has 0 saturated carbocycles. The molecule has 6 nitrogen and oxygen atoms in total. The molecule has 1 aromatic carbocycles. The van der Waals surface area contributed by atoms with Crippen molar-refractivity contribution in [2.45, 2.75) is 0 Å². The molecule has 3 rings (SSSR count). The summed E-state index contributed by atoms with van der Waals surface area (Å²) >= 11 is 0. The topological polar surface area (TPSA) is 72.8 Å². The maximum absolute atomic E-state index is 11.3. The first kappa shape index (κ1) is 10.5. The molecule has 0 fully saturated rings. The molecule has 90 valence electrons. The van der Waals surface area contributed by atoms with Crippen LogP contribution in [-0.4, -0.2) is 27.1 Å². The molecule has 0 radical (unpaired) electrons. The first-order chi connectivity index (χ1) is 8.78. The van der Waals surface area contributed by atoms with E-state index in [4.69, 9.17) is 4.74 Å². The van der Waals surface area contributed by atoms with Gasteiger partial charge in [-0.2, -0.15) is 4.68 Å². The molecule has 0 aliphatic carbocycles. The predicted octanol–water partition coefficient (Wildman–Crippen LogP) is 1.12. The van der Waals surface area contributed by atoms with Gasteiger partial charge in [0, 0.05) is 6.07 Å². The highest BCUT2D eigenvalue weighted by Gasteiger charge is 2.07. The SMILES string of the molecule is COc1ccc(-n2nnc3ccc(=O)[nH]c32)cc1. The number of pyridine rings is 1. The third-order valence-corrected chi connectivity index (χ3v) is 2.65. The summed E-state index contributed by atoms with van der Waals surface area (Å²) in [5.41, 5.74) is 1.85. The Kier molecular flexibility index (Phi) is 2.33. The molecule has 18 heavy (non-hydrogen) atoms. The second kappa shape index (κ2) is 3.99. The van der Waals surface area contributed by atoms with Gasteiger partial charge in [0.2, 0.25) is 5.56 Å². The highest BCUT2D eigenvalue weighted by molar-refractivity contribution is 5.71. The number of benzene rings is 1. The van der Waals surface area contributed by atoms with Gasteiger partial charge >= 0.3 is 0 Å². The number of nitrogens with one attached hydrogen (secondary N) is 1. The number of H-pyrrole nitrogens is 1. The molecule has 0 bridgehead atoms. The zero-order valence-electron chi connectivity index (χ0n) is 9.62. The molecule has 0 unspecified atom stereocenters. The van der Waals surface area contributed by atoms with E-state index >= 15 is 0 Å². The molecular formula is C12H10N4O2. The Balaban J connectivity index is 2.18. The van der Waals surface area contributed by atoms with Crippen molar-refractivity contribution in [3.63, 3.8) is 0 Å². The van der Waals surface area contributed by atoms with Crippen LogP contribution in [0.3, 0.4) is 0 Å². The predicted molar refractivity (Wildman–Crippen MR) is 66.0 cm³/mol. The fourth-order valence-corrected chi connectivity index (χ4v) is 1.74. The number of aromatic nitrogens is 4.